The van der Waals surface area contributed by atoms with Gasteiger partial charge in [-0.3, -0.25) is 0 Å². The van der Waals surface area contributed by atoms with E-state index in [1.165, 1.54) is 12.3 Å². The quantitative estimate of drug-likeness (QED) is 0.534. The zero-order valence-electron chi connectivity index (χ0n) is 7.77. The zero-order chi connectivity index (χ0) is 9.14. The van der Waals surface area contributed by atoms with Gasteiger partial charge in [0.05, 0.1) is 0 Å². The van der Waals surface area contributed by atoms with Crippen LogP contribution in [0.1, 0.15) is 12.1 Å². The molecule has 1 rings (SSSR count). The van der Waals surface area contributed by atoms with Gasteiger partial charge in [-0.15, -0.1) is 0 Å². The summed E-state index contributed by atoms with van der Waals surface area (Å²) in [7, 11) is 3.62. The van der Waals surface area contributed by atoms with E-state index in [4.69, 9.17) is 0 Å². The van der Waals surface area contributed by atoms with Gasteiger partial charge in [-0.25, -0.2) is 4.98 Å². The lowest BCUT2D eigenvalue weighted by atomic mass is 10.3. The van der Waals surface area contributed by atoms with Gasteiger partial charge < -0.3 is 38.9 Å². The number of aromatic nitrogens is 1. The largest absolute Gasteiger partial charge is 1.00 e. The minimum Gasteiger partial charge on any atom is -1.00 e. The molecule has 0 aliphatic carbocycles. The lowest BCUT2D eigenvalue weighted by Crippen LogP contribution is -3.00. The van der Waals surface area contributed by atoms with E-state index in [2.05, 4.69) is 4.98 Å². The van der Waals surface area contributed by atoms with Gasteiger partial charge in [0.1, 0.15) is 0 Å². The van der Waals surface area contributed by atoms with E-state index in [1.807, 2.05) is 14.1 Å². The van der Waals surface area contributed by atoms with Crippen LogP contribution in [0.4, 0.5) is 14.5 Å². The Morgan fingerprint density at radius 2 is 1.86 bits per heavy atom. The highest BCUT2D eigenvalue weighted by molar-refractivity contribution is 5.43. The van der Waals surface area contributed by atoms with Gasteiger partial charge in [0, 0.05) is 31.9 Å². The molecule has 0 atom stereocenters. The number of rotatable bonds is 2. The van der Waals surface area contributed by atoms with Crippen molar-refractivity contribution in [2.24, 2.45) is 0 Å². The molecular weight excluding hydrogens is 322 g/mol. The van der Waals surface area contributed by atoms with E-state index in [-0.39, 0.29) is 39.7 Å². The third-order valence-electron chi connectivity index (χ3n) is 1.56. The Morgan fingerprint density at radius 3 is 2.29 bits per heavy atom. The van der Waals surface area contributed by atoms with Crippen molar-refractivity contribution >= 4 is 5.69 Å². The van der Waals surface area contributed by atoms with Crippen LogP contribution >= 0.6 is 0 Å². The Bertz CT molecular complexity index is 246. The predicted molar refractivity (Wildman–Crippen MR) is 42.3 cm³/mol. The van der Waals surface area contributed by atoms with E-state index in [1.54, 1.807) is 11.0 Å². The summed E-state index contributed by atoms with van der Waals surface area (Å²) in [6, 6.07) is 3.18. The van der Waals surface area contributed by atoms with Gasteiger partial charge >= 0.3 is 6.43 Å². The maximum absolute atomic E-state index is 12.2. The van der Waals surface area contributed by atoms with Gasteiger partial charge in [-0.2, -0.15) is 8.78 Å². The molecule has 0 bridgehead atoms. The van der Waals surface area contributed by atoms with Gasteiger partial charge in [0.25, 0.3) is 0 Å². The van der Waals surface area contributed by atoms with Crippen LogP contribution in [0.5, 0.6) is 0 Å². The van der Waals surface area contributed by atoms with E-state index < -0.39 is 6.43 Å². The molecule has 1 aromatic rings. The Kier molecular flexibility index (Phi) is 8.24. The number of hydrogen-bond acceptors (Lipinski definition) is 1. The summed E-state index contributed by atoms with van der Waals surface area (Å²) in [4.78, 5) is 4.26. The topological polar surface area (TPSA) is 17.4 Å². The van der Waals surface area contributed by atoms with Gasteiger partial charge in [-0.05, 0) is 0 Å². The van der Waals surface area contributed by atoms with Crippen molar-refractivity contribution in [3.63, 3.8) is 0 Å². The average molecular weight is 333 g/mol. The molecular formula is C8H11Br2F2N2-. The monoisotopic (exact) mass is 331 g/mol. The standard InChI is InChI=1S/C8H10F2N2.2BrH/c1-12(2)6-3-4-11-7(5-6)8(9)10;;/h3-5,8H,1-2H3;2*1H/p-1. The fourth-order valence-corrected chi connectivity index (χ4v) is 0.877. The molecule has 0 aliphatic heterocycles. The number of aromatic amines is 1. The van der Waals surface area contributed by atoms with Crippen LogP contribution in [0.2, 0.25) is 0 Å². The van der Waals surface area contributed by atoms with E-state index in [0.717, 1.165) is 5.69 Å². The van der Waals surface area contributed by atoms with Crippen molar-refractivity contribution in [2.45, 2.75) is 6.43 Å². The van der Waals surface area contributed by atoms with Crippen LogP contribution in [0, 0.1) is 0 Å². The summed E-state index contributed by atoms with van der Waals surface area (Å²) in [5.41, 5.74) is 0.713. The lowest BCUT2D eigenvalue weighted by molar-refractivity contribution is -0.401. The second-order valence-corrected chi connectivity index (χ2v) is 2.70. The number of anilines is 1. The third-order valence-corrected chi connectivity index (χ3v) is 1.56. The predicted octanol–water partition coefficient (Wildman–Crippen LogP) is -4.49. The molecule has 1 heterocycles. The van der Waals surface area contributed by atoms with Crippen molar-refractivity contribution in [3.8, 4) is 0 Å². The molecule has 0 aliphatic rings. The molecule has 1 N–H and O–H groups in total. The van der Waals surface area contributed by atoms with E-state index in [9.17, 15) is 8.78 Å². The average Bonchev–Trinajstić information content (AvgIpc) is 2.04. The molecule has 0 unspecified atom stereocenters. The summed E-state index contributed by atoms with van der Waals surface area (Å²) < 4.78 is 24.3. The molecule has 0 aromatic carbocycles. The first-order valence-corrected chi connectivity index (χ1v) is 3.58. The minimum absolute atomic E-state index is 0. The van der Waals surface area contributed by atoms with Crippen molar-refractivity contribution in [1.82, 2.24) is 0 Å². The maximum atomic E-state index is 12.2. The number of H-pyrrole nitrogens is 1. The van der Waals surface area contributed by atoms with Gasteiger partial charge in [-0.1, -0.05) is 0 Å². The maximum Gasteiger partial charge on any atom is 0.320 e. The molecule has 0 fully saturated rings. The van der Waals surface area contributed by atoms with Gasteiger partial charge in [0.2, 0.25) is 5.69 Å². The van der Waals surface area contributed by atoms with Crippen molar-refractivity contribution < 1.29 is 47.7 Å². The molecule has 6 heteroatoms. The van der Waals surface area contributed by atoms with Crippen molar-refractivity contribution in [1.29, 1.82) is 0 Å². The number of nitrogens with zero attached hydrogens (tertiary/aromatic N) is 1. The lowest BCUT2D eigenvalue weighted by Gasteiger charge is -2.10. The molecule has 1 aromatic heterocycles. The first kappa shape index (κ1) is 16.2. The first-order valence-electron chi connectivity index (χ1n) is 3.58. The van der Waals surface area contributed by atoms with Gasteiger partial charge in [0.15, 0.2) is 6.20 Å². The number of alkyl halides is 2. The second-order valence-electron chi connectivity index (χ2n) is 2.70. The highest BCUT2D eigenvalue weighted by atomic mass is 79.9. The molecule has 0 amide bonds. The van der Waals surface area contributed by atoms with Crippen LogP contribution < -0.4 is 43.8 Å². The number of halogens is 4. The second kappa shape index (κ2) is 7.11. The van der Waals surface area contributed by atoms with Crippen molar-refractivity contribution in [3.05, 3.63) is 24.0 Å². The highest BCUT2D eigenvalue weighted by Crippen LogP contribution is 2.17. The first-order chi connectivity index (χ1) is 5.61. The Morgan fingerprint density at radius 1 is 1.29 bits per heavy atom. The molecule has 2 nitrogen and oxygen atoms in total. The van der Waals surface area contributed by atoms with E-state index >= 15 is 0 Å². The highest BCUT2D eigenvalue weighted by Gasteiger charge is 2.15. The Balaban J connectivity index is 0. The third kappa shape index (κ3) is 4.32. The molecule has 14 heavy (non-hydrogen) atoms. The van der Waals surface area contributed by atoms with Crippen LogP contribution in [-0.4, -0.2) is 14.1 Å². The summed E-state index contributed by atoms with van der Waals surface area (Å²) in [5, 5.41) is 0. The molecule has 0 saturated heterocycles. The minimum atomic E-state index is -2.44. The fourth-order valence-electron chi connectivity index (χ4n) is 0.877. The van der Waals surface area contributed by atoms with Crippen molar-refractivity contribution in [2.75, 3.05) is 19.0 Å². The number of hydrogen-bond donors (Lipinski definition) is 0. The Hall–Kier alpha value is -0.230. The smallest absolute Gasteiger partial charge is 0.320 e. The number of pyridine rings is 1. The Labute approximate surface area is 103 Å². The summed E-state index contributed by atoms with van der Waals surface area (Å²) in [6.07, 6.45) is -0.929. The summed E-state index contributed by atoms with van der Waals surface area (Å²) >= 11 is 0. The molecule has 0 spiro atoms. The number of nitrogens with one attached hydrogen (secondary N) is 1. The summed E-state index contributed by atoms with van der Waals surface area (Å²) in [5.74, 6) is 0. The van der Waals surface area contributed by atoms with E-state index in [0.29, 0.717) is 0 Å². The molecule has 0 saturated carbocycles. The molecule has 82 valence electrons. The van der Waals surface area contributed by atoms with Crippen LogP contribution in [0.25, 0.3) is 0 Å². The summed E-state index contributed by atoms with van der Waals surface area (Å²) in [6.45, 7) is 0. The SMILES string of the molecule is CN(C)c1cc[nH+]c(C(F)F)c1.[Br-].[Br-]. The fraction of sp³-hybridized carbons (Fsp3) is 0.375. The van der Waals surface area contributed by atoms with Crippen LogP contribution in [0.15, 0.2) is 18.3 Å². The van der Waals surface area contributed by atoms with Crippen LogP contribution in [0.3, 0.4) is 0 Å². The zero-order valence-corrected chi connectivity index (χ0v) is 10.9. The van der Waals surface area contributed by atoms with Crippen LogP contribution in [-0.2, 0) is 0 Å². The molecule has 0 radical (unpaired) electrons. The normalized spacial score (nSPS) is 8.93.